The molecule has 0 fully saturated rings. The highest BCUT2D eigenvalue weighted by Gasteiger charge is 2.15. The van der Waals surface area contributed by atoms with Gasteiger partial charge in [-0.25, -0.2) is 4.98 Å². The average Bonchev–Trinajstić information content (AvgIpc) is 2.59. The molecule has 0 atom stereocenters. The quantitative estimate of drug-likeness (QED) is 0.903. The second-order valence-electron chi connectivity index (χ2n) is 5.80. The molecule has 108 valence electrons. The Morgan fingerprint density at radius 1 is 1.45 bits per heavy atom. The molecule has 5 nitrogen and oxygen atoms in total. The number of nitrogen functional groups attached to an aromatic ring is 1. The highest BCUT2D eigenvalue weighted by Crippen LogP contribution is 2.22. The lowest BCUT2D eigenvalue weighted by atomic mass is 10.1. The maximum atomic E-state index is 11.9. The third kappa shape index (κ3) is 3.50. The van der Waals surface area contributed by atoms with Crippen LogP contribution in [0, 0.1) is 0 Å². The van der Waals surface area contributed by atoms with Gasteiger partial charge in [-0.15, -0.1) is 0 Å². The van der Waals surface area contributed by atoms with Gasteiger partial charge in [0.1, 0.15) is 0 Å². The molecular formula is C14H19BrN4O. The summed E-state index contributed by atoms with van der Waals surface area (Å²) in [5, 5.41) is 2.94. The number of carbonyl (C=O) groups is 1. The Hall–Kier alpha value is -1.56. The summed E-state index contributed by atoms with van der Waals surface area (Å²) in [4.78, 5) is 16.2. The van der Waals surface area contributed by atoms with Crippen LogP contribution in [0.4, 0.5) is 5.95 Å². The van der Waals surface area contributed by atoms with Gasteiger partial charge in [0.2, 0.25) is 11.9 Å². The van der Waals surface area contributed by atoms with Crippen LogP contribution in [-0.4, -0.2) is 21.0 Å². The molecule has 0 saturated heterocycles. The molecule has 2 rings (SSSR count). The molecule has 0 aliphatic heterocycles. The van der Waals surface area contributed by atoms with E-state index in [1.165, 1.54) is 0 Å². The van der Waals surface area contributed by atoms with Crippen LogP contribution in [0.5, 0.6) is 0 Å². The van der Waals surface area contributed by atoms with E-state index in [1.54, 1.807) is 0 Å². The van der Waals surface area contributed by atoms with Gasteiger partial charge in [0.15, 0.2) is 0 Å². The van der Waals surface area contributed by atoms with Crippen molar-refractivity contribution in [2.24, 2.45) is 0 Å². The average molecular weight is 339 g/mol. The minimum Gasteiger partial charge on any atom is -0.369 e. The predicted octanol–water partition coefficient (Wildman–Crippen LogP) is 2.69. The van der Waals surface area contributed by atoms with E-state index in [2.05, 4.69) is 26.2 Å². The van der Waals surface area contributed by atoms with Crippen molar-refractivity contribution >= 4 is 38.8 Å². The fraction of sp³-hybridized carbons (Fsp3) is 0.429. The Labute approximate surface area is 126 Å². The van der Waals surface area contributed by atoms with Crippen molar-refractivity contribution in [1.29, 1.82) is 0 Å². The normalized spacial score (nSPS) is 11.8. The summed E-state index contributed by atoms with van der Waals surface area (Å²) in [7, 11) is 0. The maximum Gasteiger partial charge on any atom is 0.222 e. The van der Waals surface area contributed by atoms with Crippen LogP contribution >= 0.6 is 15.9 Å². The molecule has 0 aliphatic rings. The van der Waals surface area contributed by atoms with Crippen molar-refractivity contribution < 1.29 is 4.79 Å². The van der Waals surface area contributed by atoms with Crippen LogP contribution in [0.3, 0.4) is 0 Å². The van der Waals surface area contributed by atoms with E-state index in [0.717, 1.165) is 15.5 Å². The molecule has 1 aromatic carbocycles. The van der Waals surface area contributed by atoms with Crippen molar-refractivity contribution in [3.63, 3.8) is 0 Å². The number of rotatable bonds is 3. The van der Waals surface area contributed by atoms with Gasteiger partial charge in [-0.05, 0) is 39.0 Å². The Kier molecular flexibility index (Phi) is 4.04. The molecule has 0 aliphatic carbocycles. The summed E-state index contributed by atoms with van der Waals surface area (Å²) >= 11 is 3.43. The monoisotopic (exact) mass is 338 g/mol. The van der Waals surface area contributed by atoms with Crippen molar-refractivity contribution in [2.45, 2.75) is 39.3 Å². The number of benzene rings is 1. The van der Waals surface area contributed by atoms with Crippen LogP contribution in [-0.2, 0) is 11.3 Å². The smallest absolute Gasteiger partial charge is 0.222 e. The van der Waals surface area contributed by atoms with Gasteiger partial charge in [-0.1, -0.05) is 15.9 Å². The molecule has 3 N–H and O–H groups in total. The van der Waals surface area contributed by atoms with Gasteiger partial charge >= 0.3 is 0 Å². The molecule has 1 aromatic heterocycles. The Bertz CT molecular complexity index is 642. The SMILES string of the molecule is CC(C)(C)NC(=O)CCn1c(N)nc2ccc(Br)cc21. The molecule has 1 heterocycles. The topological polar surface area (TPSA) is 72.9 Å². The maximum absolute atomic E-state index is 11.9. The summed E-state index contributed by atoms with van der Waals surface area (Å²) in [5.41, 5.74) is 7.47. The number of imidazole rings is 1. The molecule has 0 unspecified atom stereocenters. The van der Waals surface area contributed by atoms with Crippen molar-refractivity contribution in [3.8, 4) is 0 Å². The highest BCUT2D eigenvalue weighted by atomic mass is 79.9. The molecule has 1 amide bonds. The zero-order chi connectivity index (χ0) is 14.9. The largest absolute Gasteiger partial charge is 0.369 e. The fourth-order valence-corrected chi connectivity index (χ4v) is 2.39. The number of nitrogens with two attached hydrogens (primary N) is 1. The Balaban J connectivity index is 2.16. The van der Waals surface area contributed by atoms with E-state index in [1.807, 2.05) is 43.5 Å². The van der Waals surface area contributed by atoms with E-state index in [4.69, 9.17) is 5.73 Å². The van der Waals surface area contributed by atoms with Crippen LogP contribution in [0.2, 0.25) is 0 Å². The molecular weight excluding hydrogens is 320 g/mol. The van der Waals surface area contributed by atoms with Gasteiger partial charge in [-0.2, -0.15) is 0 Å². The first kappa shape index (κ1) is 14.8. The number of fused-ring (bicyclic) bond motifs is 1. The first-order chi connectivity index (χ1) is 9.26. The van der Waals surface area contributed by atoms with Crippen molar-refractivity contribution in [1.82, 2.24) is 14.9 Å². The Morgan fingerprint density at radius 2 is 2.15 bits per heavy atom. The third-order valence-corrected chi connectivity index (χ3v) is 3.31. The predicted molar refractivity (Wildman–Crippen MR) is 84.4 cm³/mol. The molecule has 6 heteroatoms. The number of aromatic nitrogens is 2. The minimum atomic E-state index is -0.220. The van der Waals surface area contributed by atoms with E-state index >= 15 is 0 Å². The lowest BCUT2D eigenvalue weighted by Gasteiger charge is -2.20. The van der Waals surface area contributed by atoms with Crippen LogP contribution in [0.25, 0.3) is 11.0 Å². The zero-order valence-corrected chi connectivity index (χ0v) is 13.5. The van der Waals surface area contributed by atoms with E-state index in [0.29, 0.717) is 18.9 Å². The van der Waals surface area contributed by atoms with E-state index < -0.39 is 0 Å². The van der Waals surface area contributed by atoms with Gasteiger partial charge in [0.05, 0.1) is 11.0 Å². The summed E-state index contributed by atoms with van der Waals surface area (Å²) in [6.45, 7) is 6.40. The fourth-order valence-electron chi connectivity index (χ4n) is 2.04. The molecule has 0 spiro atoms. The number of hydrogen-bond donors (Lipinski definition) is 2. The molecule has 2 aromatic rings. The number of nitrogens with zero attached hydrogens (tertiary/aromatic N) is 2. The first-order valence-electron chi connectivity index (χ1n) is 6.48. The van der Waals surface area contributed by atoms with Gasteiger partial charge < -0.3 is 15.6 Å². The first-order valence-corrected chi connectivity index (χ1v) is 7.28. The highest BCUT2D eigenvalue weighted by molar-refractivity contribution is 9.10. The summed E-state index contributed by atoms with van der Waals surface area (Å²) < 4.78 is 2.83. The third-order valence-electron chi connectivity index (χ3n) is 2.82. The summed E-state index contributed by atoms with van der Waals surface area (Å²) in [6, 6.07) is 5.79. The summed E-state index contributed by atoms with van der Waals surface area (Å²) in [6.07, 6.45) is 0.374. The molecule has 0 radical (unpaired) electrons. The number of amides is 1. The van der Waals surface area contributed by atoms with Crippen molar-refractivity contribution in [3.05, 3.63) is 22.7 Å². The summed E-state index contributed by atoms with van der Waals surface area (Å²) in [5.74, 6) is 0.440. The van der Waals surface area contributed by atoms with Crippen LogP contribution in [0.15, 0.2) is 22.7 Å². The minimum absolute atomic E-state index is 0.00810. The number of carbonyl (C=O) groups excluding carboxylic acids is 1. The zero-order valence-electron chi connectivity index (χ0n) is 11.9. The van der Waals surface area contributed by atoms with E-state index in [-0.39, 0.29) is 11.4 Å². The standard InChI is InChI=1S/C14H19BrN4O/c1-14(2,3)18-12(20)6-7-19-11-8-9(15)4-5-10(11)17-13(19)16/h4-5,8H,6-7H2,1-3H3,(H2,16,17)(H,18,20). The number of nitrogens with one attached hydrogen (secondary N) is 1. The lowest BCUT2D eigenvalue weighted by molar-refractivity contribution is -0.122. The van der Waals surface area contributed by atoms with E-state index in [9.17, 15) is 4.79 Å². The van der Waals surface area contributed by atoms with Gasteiger partial charge in [0, 0.05) is 23.0 Å². The van der Waals surface area contributed by atoms with Gasteiger partial charge in [-0.3, -0.25) is 4.79 Å². The Morgan fingerprint density at radius 3 is 2.80 bits per heavy atom. The molecule has 0 bridgehead atoms. The lowest BCUT2D eigenvalue weighted by Crippen LogP contribution is -2.40. The second kappa shape index (κ2) is 5.44. The van der Waals surface area contributed by atoms with Crippen LogP contribution in [0.1, 0.15) is 27.2 Å². The van der Waals surface area contributed by atoms with Gasteiger partial charge in [0.25, 0.3) is 0 Å². The number of hydrogen-bond acceptors (Lipinski definition) is 3. The number of aryl methyl sites for hydroxylation is 1. The van der Waals surface area contributed by atoms with Crippen LogP contribution < -0.4 is 11.1 Å². The number of halogens is 1. The number of anilines is 1. The molecule has 0 saturated carbocycles. The molecule has 20 heavy (non-hydrogen) atoms. The second-order valence-corrected chi connectivity index (χ2v) is 6.72. The van der Waals surface area contributed by atoms with Crippen molar-refractivity contribution in [2.75, 3.05) is 5.73 Å².